The predicted octanol–water partition coefficient (Wildman–Crippen LogP) is 4.44. The molecule has 0 saturated carbocycles. The number of ether oxygens (including phenoxy) is 2. The van der Waals surface area contributed by atoms with E-state index in [1.165, 1.54) is 0 Å². The van der Waals surface area contributed by atoms with Gasteiger partial charge in [-0.3, -0.25) is 4.98 Å². The van der Waals surface area contributed by atoms with E-state index in [1.807, 2.05) is 31.3 Å². The third-order valence-electron chi connectivity index (χ3n) is 4.88. The van der Waals surface area contributed by atoms with Gasteiger partial charge in [-0.05, 0) is 47.0 Å². The van der Waals surface area contributed by atoms with E-state index in [0.717, 1.165) is 45.2 Å². The molecule has 172 valence electrons. The molecule has 0 aliphatic rings. The van der Waals surface area contributed by atoms with Gasteiger partial charge < -0.3 is 20.5 Å². The summed E-state index contributed by atoms with van der Waals surface area (Å²) in [5.41, 5.74) is 7.40. The highest BCUT2D eigenvalue weighted by atomic mass is 79.9. The van der Waals surface area contributed by atoms with Crippen LogP contribution in [0.4, 0.5) is 11.6 Å². The number of nitrogens with one attached hydrogen (secondary N) is 1. The number of halogens is 1. The molecule has 0 spiro atoms. The molecule has 34 heavy (non-hydrogen) atoms. The van der Waals surface area contributed by atoms with E-state index in [2.05, 4.69) is 53.0 Å². The lowest BCUT2D eigenvalue weighted by molar-refractivity contribution is 0.260. The second-order valence-electron chi connectivity index (χ2n) is 7.25. The fraction of sp³-hybridized carbons (Fsp3) is 0.200. The summed E-state index contributed by atoms with van der Waals surface area (Å²) in [6, 6.07) is 9.21. The van der Waals surface area contributed by atoms with E-state index in [1.54, 1.807) is 30.9 Å². The number of hydrogen-bond donors (Lipinski definition) is 2. The van der Waals surface area contributed by atoms with Gasteiger partial charge in [0.05, 0.1) is 30.5 Å². The van der Waals surface area contributed by atoms with Crippen molar-refractivity contribution in [3.8, 4) is 23.5 Å². The summed E-state index contributed by atoms with van der Waals surface area (Å²) in [7, 11) is 1.81. The summed E-state index contributed by atoms with van der Waals surface area (Å²) in [5, 5.41) is 4.81. The molecule has 4 rings (SSSR count). The highest BCUT2D eigenvalue weighted by Crippen LogP contribution is 2.25. The molecule has 0 atom stereocenters. The molecule has 4 heterocycles. The molecule has 3 N–H and O–H groups in total. The molecule has 9 heteroatoms. The molecule has 0 unspecified atom stereocenters. The Balaban J connectivity index is 1.40. The Kier molecular flexibility index (Phi) is 7.73. The van der Waals surface area contributed by atoms with Crippen LogP contribution in [0.1, 0.15) is 24.0 Å². The maximum Gasteiger partial charge on any atom is 0.214 e. The number of fused-ring (bicyclic) bond motifs is 1. The molecule has 8 nitrogen and oxygen atoms in total. The Morgan fingerprint density at radius 3 is 2.62 bits per heavy atom. The Morgan fingerprint density at radius 2 is 1.79 bits per heavy atom. The highest BCUT2D eigenvalue weighted by Gasteiger charge is 2.07. The normalized spacial score (nSPS) is 10.4. The van der Waals surface area contributed by atoms with E-state index < -0.39 is 0 Å². The van der Waals surface area contributed by atoms with Crippen molar-refractivity contribution in [1.82, 2.24) is 19.9 Å². The zero-order chi connectivity index (χ0) is 23.8. The molecule has 4 aromatic heterocycles. The van der Waals surface area contributed by atoms with Crippen LogP contribution in [-0.2, 0) is 0 Å². The second kappa shape index (κ2) is 11.3. The Labute approximate surface area is 206 Å². The lowest BCUT2D eigenvalue weighted by Crippen LogP contribution is -2.04. The number of nitrogens with two attached hydrogens (primary N) is 1. The number of nitrogen functional groups attached to an aromatic ring is 1. The monoisotopic (exact) mass is 518 g/mol. The van der Waals surface area contributed by atoms with E-state index in [0.29, 0.717) is 30.7 Å². The maximum absolute atomic E-state index is 5.94. The van der Waals surface area contributed by atoms with E-state index in [-0.39, 0.29) is 0 Å². The first-order valence-electron chi connectivity index (χ1n) is 10.7. The Hall–Kier alpha value is -3.90. The average Bonchev–Trinajstić information content (AvgIpc) is 2.85. The maximum atomic E-state index is 5.94. The molecule has 0 aliphatic carbocycles. The van der Waals surface area contributed by atoms with Gasteiger partial charge in [0.1, 0.15) is 16.2 Å². The van der Waals surface area contributed by atoms with Crippen molar-refractivity contribution in [3.63, 3.8) is 0 Å². The van der Waals surface area contributed by atoms with E-state index in [9.17, 15) is 0 Å². The Morgan fingerprint density at radius 1 is 0.971 bits per heavy atom. The van der Waals surface area contributed by atoms with Crippen molar-refractivity contribution < 1.29 is 9.47 Å². The van der Waals surface area contributed by atoms with Gasteiger partial charge in [-0.2, -0.15) is 0 Å². The molecule has 0 radical (unpaired) electrons. The topological polar surface area (TPSA) is 108 Å². The standard InChI is InChI=1S/C25H23BrN6O2/c1-28-25-20-15-30-23(27)13-19(20)18(14-31-25)8-7-17-9-10-29-16-21(17)33-11-2-3-12-34-24-6-4-5-22(26)32-24/h4-6,9-10,13-16H,2-3,11-12H2,1H3,(H2,27,30)(H,28,31). The van der Waals surface area contributed by atoms with Crippen molar-refractivity contribution in [1.29, 1.82) is 0 Å². The average molecular weight is 519 g/mol. The van der Waals surface area contributed by atoms with Crippen LogP contribution < -0.4 is 20.5 Å². The number of anilines is 2. The van der Waals surface area contributed by atoms with Crippen molar-refractivity contribution >= 4 is 38.3 Å². The van der Waals surface area contributed by atoms with Crippen LogP contribution in [0.25, 0.3) is 10.8 Å². The minimum atomic E-state index is 0.427. The Bertz CT molecular complexity index is 1350. The fourth-order valence-corrected chi connectivity index (χ4v) is 3.54. The van der Waals surface area contributed by atoms with Crippen LogP contribution in [0, 0.1) is 11.8 Å². The first kappa shape index (κ1) is 23.3. The van der Waals surface area contributed by atoms with Gasteiger partial charge in [-0.25, -0.2) is 15.0 Å². The van der Waals surface area contributed by atoms with Gasteiger partial charge in [0.25, 0.3) is 0 Å². The smallest absolute Gasteiger partial charge is 0.214 e. The molecule has 4 aromatic rings. The quantitative estimate of drug-likeness (QED) is 0.200. The fourth-order valence-electron chi connectivity index (χ4n) is 3.22. The molecule has 0 amide bonds. The zero-order valence-electron chi connectivity index (χ0n) is 18.6. The number of hydrogen-bond acceptors (Lipinski definition) is 8. The molecular weight excluding hydrogens is 496 g/mol. The van der Waals surface area contributed by atoms with Crippen LogP contribution >= 0.6 is 15.9 Å². The number of aromatic nitrogens is 4. The lowest BCUT2D eigenvalue weighted by atomic mass is 10.1. The number of unbranched alkanes of at least 4 members (excludes halogenated alkanes) is 1. The van der Waals surface area contributed by atoms with Crippen LogP contribution in [-0.4, -0.2) is 40.2 Å². The summed E-state index contributed by atoms with van der Waals surface area (Å²) in [6.45, 7) is 1.09. The van der Waals surface area contributed by atoms with Crippen LogP contribution in [0.2, 0.25) is 0 Å². The SMILES string of the molecule is CNc1ncc(C#Cc2ccncc2OCCCCOc2cccc(Br)n2)c2cc(N)ncc12. The molecule has 0 aliphatic heterocycles. The summed E-state index contributed by atoms with van der Waals surface area (Å²) in [4.78, 5) is 17.0. The van der Waals surface area contributed by atoms with Gasteiger partial charge in [0.2, 0.25) is 5.88 Å². The summed E-state index contributed by atoms with van der Waals surface area (Å²) in [5.74, 6) is 8.76. The van der Waals surface area contributed by atoms with E-state index in [4.69, 9.17) is 15.2 Å². The summed E-state index contributed by atoms with van der Waals surface area (Å²) >= 11 is 3.33. The molecule has 0 fully saturated rings. The minimum absolute atomic E-state index is 0.427. The van der Waals surface area contributed by atoms with E-state index >= 15 is 0 Å². The molecule has 0 saturated heterocycles. The van der Waals surface area contributed by atoms with Crippen LogP contribution in [0.3, 0.4) is 0 Å². The van der Waals surface area contributed by atoms with Gasteiger partial charge in [-0.1, -0.05) is 17.9 Å². The number of pyridine rings is 4. The third-order valence-corrected chi connectivity index (χ3v) is 5.32. The molecular formula is C25H23BrN6O2. The van der Waals surface area contributed by atoms with Crippen molar-refractivity contribution in [3.05, 3.63) is 70.8 Å². The van der Waals surface area contributed by atoms with Gasteiger partial charge in [-0.15, -0.1) is 0 Å². The molecule has 0 bridgehead atoms. The minimum Gasteiger partial charge on any atom is -0.491 e. The summed E-state index contributed by atoms with van der Waals surface area (Å²) < 4.78 is 12.3. The van der Waals surface area contributed by atoms with Crippen molar-refractivity contribution in [2.45, 2.75) is 12.8 Å². The van der Waals surface area contributed by atoms with Gasteiger partial charge in [0, 0.05) is 42.5 Å². The van der Waals surface area contributed by atoms with Crippen LogP contribution in [0.15, 0.2) is 59.7 Å². The lowest BCUT2D eigenvalue weighted by Gasteiger charge is -2.09. The highest BCUT2D eigenvalue weighted by molar-refractivity contribution is 9.10. The van der Waals surface area contributed by atoms with Gasteiger partial charge >= 0.3 is 0 Å². The molecule has 0 aromatic carbocycles. The number of rotatable bonds is 8. The summed E-state index contributed by atoms with van der Waals surface area (Å²) in [6.07, 6.45) is 8.45. The first-order chi connectivity index (χ1) is 16.6. The number of nitrogens with zero attached hydrogens (tertiary/aromatic N) is 4. The third kappa shape index (κ3) is 5.91. The van der Waals surface area contributed by atoms with Crippen LogP contribution in [0.5, 0.6) is 11.6 Å². The van der Waals surface area contributed by atoms with Crippen molar-refractivity contribution in [2.24, 2.45) is 0 Å². The second-order valence-corrected chi connectivity index (χ2v) is 8.06. The van der Waals surface area contributed by atoms with Crippen molar-refractivity contribution in [2.75, 3.05) is 31.3 Å². The predicted molar refractivity (Wildman–Crippen MR) is 136 cm³/mol. The zero-order valence-corrected chi connectivity index (χ0v) is 20.2. The van der Waals surface area contributed by atoms with Gasteiger partial charge in [0.15, 0.2) is 5.75 Å². The first-order valence-corrected chi connectivity index (χ1v) is 11.5. The largest absolute Gasteiger partial charge is 0.491 e.